The Hall–Kier alpha value is -3.65. The predicted octanol–water partition coefficient (Wildman–Crippen LogP) is 1.93. The maximum Gasteiger partial charge on any atom is 0.303 e. The van der Waals surface area contributed by atoms with Gasteiger partial charge in [0.05, 0.1) is 0 Å². The average molecular weight is 579 g/mol. The van der Waals surface area contributed by atoms with Crippen LogP contribution < -0.4 is 10.1 Å². The fourth-order valence-corrected chi connectivity index (χ4v) is 5.33. The molecule has 1 aliphatic rings. The molecular weight excluding hydrogens is 544 g/mol. The molecule has 1 amide bonds. The van der Waals surface area contributed by atoms with Crippen LogP contribution in [0.4, 0.5) is 0 Å². The Kier molecular flexibility index (Phi) is 10.9. The maximum atomic E-state index is 12.2. The minimum atomic E-state index is -1.17. The number of carbonyl (C=O) groups excluding carboxylic acids is 4. The number of nitrogens with zero attached hydrogens (tertiary/aromatic N) is 3. The third-order valence-electron chi connectivity index (χ3n) is 5.79. The van der Waals surface area contributed by atoms with Crippen molar-refractivity contribution in [3.63, 3.8) is 0 Å². The largest absolute Gasteiger partial charge is 0.486 e. The van der Waals surface area contributed by atoms with E-state index in [9.17, 15) is 19.2 Å². The minimum absolute atomic E-state index is 0.158. The fourth-order valence-electron chi connectivity index (χ4n) is 4.11. The van der Waals surface area contributed by atoms with Crippen LogP contribution in [-0.4, -0.2) is 75.0 Å². The third kappa shape index (κ3) is 8.42. The third-order valence-corrected chi connectivity index (χ3v) is 6.94. The smallest absolute Gasteiger partial charge is 0.303 e. The summed E-state index contributed by atoms with van der Waals surface area (Å²) < 4.78 is 30.1. The van der Waals surface area contributed by atoms with Crippen LogP contribution in [0.2, 0.25) is 0 Å². The molecule has 2 heterocycles. The van der Waals surface area contributed by atoms with Crippen molar-refractivity contribution in [1.82, 2.24) is 20.1 Å². The summed E-state index contributed by atoms with van der Waals surface area (Å²) >= 11 is 1.12. The van der Waals surface area contributed by atoms with E-state index in [1.165, 1.54) is 27.7 Å². The first kappa shape index (κ1) is 30.9. The molecule has 3 rings (SSSR count). The highest BCUT2D eigenvalue weighted by atomic mass is 32.2. The molecule has 218 valence electrons. The highest BCUT2D eigenvalue weighted by molar-refractivity contribution is 7.99. The summed E-state index contributed by atoms with van der Waals surface area (Å²) in [6.45, 7) is 9.18. The van der Waals surface area contributed by atoms with Crippen molar-refractivity contribution in [3.8, 4) is 5.75 Å². The van der Waals surface area contributed by atoms with E-state index in [0.717, 1.165) is 17.3 Å². The van der Waals surface area contributed by atoms with Crippen LogP contribution in [0.15, 0.2) is 29.4 Å². The molecule has 14 heteroatoms. The van der Waals surface area contributed by atoms with E-state index in [4.69, 9.17) is 23.7 Å². The van der Waals surface area contributed by atoms with Gasteiger partial charge in [-0.15, -0.1) is 10.2 Å². The van der Waals surface area contributed by atoms with Crippen molar-refractivity contribution >= 4 is 35.6 Å². The lowest BCUT2D eigenvalue weighted by Crippen LogP contribution is -2.65. The fraction of sp³-hybridized carbons (Fsp3) is 0.538. The van der Waals surface area contributed by atoms with Gasteiger partial charge < -0.3 is 33.6 Å². The summed E-state index contributed by atoms with van der Waals surface area (Å²) in [6.07, 6.45) is -3.33. The molecule has 40 heavy (non-hydrogen) atoms. The van der Waals surface area contributed by atoms with Gasteiger partial charge in [-0.25, -0.2) is 0 Å². The number of aryl methyl sites for hydroxylation is 1. The second kappa shape index (κ2) is 14.1. The number of esters is 3. The molecule has 0 aliphatic carbocycles. The van der Waals surface area contributed by atoms with Gasteiger partial charge in [0, 0.05) is 34.2 Å². The van der Waals surface area contributed by atoms with Crippen LogP contribution in [0.1, 0.15) is 46.0 Å². The van der Waals surface area contributed by atoms with Gasteiger partial charge in [0.1, 0.15) is 36.5 Å². The summed E-state index contributed by atoms with van der Waals surface area (Å²) in [4.78, 5) is 47.8. The average Bonchev–Trinajstić information content (AvgIpc) is 3.26. The van der Waals surface area contributed by atoms with Crippen molar-refractivity contribution in [3.05, 3.63) is 35.7 Å². The van der Waals surface area contributed by atoms with E-state index >= 15 is 0 Å². The number of amides is 1. The number of nitrogens with one attached hydrogen (secondary N) is 1. The first-order valence-corrected chi connectivity index (χ1v) is 13.5. The minimum Gasteiger partial charge on any atom is -0.486 e. The number of hydrogen-bond acceptors (Lipinski definition) is 12. The van der Waals surface area contributed by atoms with E-state index in [2.05, 4.69) is 15.5 Å². The van der Waals surface area contributed by atoms with E-state index < -0.39 is 53.6 Å². The van der Waals surface area contributed by atoms with Crippen LogP contribution in [0.25, 0.3) is 0 Å². The number of ether oxygens (including phenoxy) is 5. The molecule has 1 N–H and O–H groups in total. The number of hydrogen-bond donors (Lipinski definition) is 1. The Balaban J connectivity index is 1.92. The SMILES string of the molecule is CCn1c(COc2ccc(C)cc2)nnc1S[C@@H]1O[C@H](COC(C)=O)[C@@H](OC(C)=O)[C@H](OC(C)=O)[C@H]1NC(C)=O. The number of rotatable bonds is 11. The number of carbonyl (C=O) groups is 4. The van der Waals surface area contributed by atoms with Gasteiger partial charge in [-0.1, -0.05) is 29.5 Å². The lowest BCUT2D eigenvalue weighted by molar-refractivity contribution is -0.211. The summed E-state index contributed by atoms with van der Waals surface area (Å²) in [5.41, 5.74) is 0.208. The van der Waals surface area contributed by atoms with Gasteiger partial charge in [-0.3, -0.25) is 19.2 Å². The summed E-state index contributed by atoms with van der Waals surface area (Å²) in [7, 11) is 0. The quantitative estimate of drug-likeness (QED) is 0.306. The second-order valence-electron chi connectivity index (χ2n) is 9.08. The number of thioether (sulfide) groups is 1. The predicted molar refractivity (Wildman–Crippen MR) is 141 cm³/mol. The van der Waals surface area contributed by atoms with E-state index in [1.54, 1.807) is 0 Å². The second-order valence-corrected chi connectivity index (χ2v) is 10.1. The zero-order valence-electron chi connectivity index (χ0n) is 23.2. The number of aromatic nitrogens is 3. The van der Waals surface area contributed by atoms with Crippen LogP contribution in [-0.2, 0) is 51.3 Å². The van der Waals surface area contributed by atoms with Gasteiger partial charge in [0.2, 0.25) is 5.91 Å². The standard InChI is InChI=1S/C26H34N4O9S/c1-7-30-21(13-36-19-10-8-14(2)9-11-19)28-29-26(30)40-25-22(27-15(3)31)24(38-18(6)34)23(37-17(5)33)20(39-25)12-35-16(4)32/h8-11,20,22-25H,7,12-13H2,1-6H3,(H,27,31)/t20-,22-,23-,24-,25+/m1/s1. The van der Waals surface area contributed by atoms with Gasteiger partial charge in [0.25, 0.3) is 0 Å². The molecule has 1 saturated heterocycles. The molecule has 5 atom stereocenters. The van der Waals surface area contributed by atoms with Gasteiger partial charge in [-0.2, -0.15) is 0 Å². The van der Waals surface area contributed by atoms with Crippen molar-refractivity contribution in [2.75, 3.05) is 6.61 Å². The summed E-state index contributed by atoms with van der Waals surface area (Å²) in [5.74, 6) is -1.10. The van der Waals surface area contributed by atoms with Crippen molar-refractivity contribution in [2.24, 2.45) is 0 Å². The normalized spacial score (nSPS) is 22.2. The molecule has 0 saturated carbocycles. The first-order valence-electron chi connectivity index (χ1n) is 12.7. The Morgan fingerprint density at radius 3 is 2.20 bits per heavy atom. The van der Waals surface area contributed by atoms with Crippen molar-refractivity contribution in [2.45, 2.75) is 89.6 Å². The molecular formula is C26H34N4O9S. The molecule has 0 spiro atoms. The lowest BCUT2D eigenvalue weighted by atomic mass is 9.97. The summed E-state index contributed by atoms with van der Waals surface area (Å²) in [6, 6.07) is 6.66. The van der Waals surface area contributed by atoms with Crippen LogP contribution in [0.5, 0.6) is 5.75 Å². The Morgan fingerprint density at radius 2 is 1.62 bits per heavy atom. The Labute approximate surface area is 236 Å². The van der Waals surface area contributed by atoms with Gasteiger partial charge in [0.15, 0.2) is 23.2 Å². The molecule has 0 radical (unpaired) electrons. The molecule has 1 aromatic heterocycles. The Morgan fingerprint density at radius 1 is 0.975 bits per heavy atom. The van der Waals surface area contributed by atoms with Crippen molar-refractivity contribution in [1.29, 1.82) is 0 Å². The van der Waals surface area contributed by atoms with Crippen LogP contribution in [0, 0.1) is 6.92 Å². The first-order chi connectivity index (χ1) is 19.0. The highest BCUT2D eigenvalue weighted by Gasteiger charge is 2.51. The molecule has 1 fully saturated rings. The van der Waals surface area contributed by atoms with Gasteiger partial charge >= 0.3 is 17.9 Å². The van der Waals surface area contributed by atoms with Gasteiger partial charge in [-0.05, 0) is 26.0 Å². The van der Waals surface area contributed by atoms with Crippen molar-refractivity contribution < 1.29 is 42.9 Å². The highest BCUT2D eigenvalue weighted by Crippen LogP contribution is 2.36. The zero-order chi connectivity index (χ0) is 29.4. The molecule has 0 bridgehead atoms. The molecule has 2 aromatic rings. The number of benzene rings is 1. The monoisotopic (exact) mass is 578 g/mol. The topological polar surface area (TPSA) is 157 Å². The van der Waals surface area contributed by atoms with E-state index in [-0.39, 0.29) is 13.2 Å². The summed E-state index contributed by atoms with van der Waals surface area (Å²) in [5, 5.41) is 11.8. The lowest BCUT2D eigenvalue weighted by Gasteiger charge is -2.44. The molecule has 0 unspecified atom stereocenters. The zero-order valence-corrected chi connectivity index (χ0v) is 24.1. The maximum absolute atomic E-state index is 12.2. The molecule has 1 aliphatic heterocycles. The van der Waals surface area contributed by atoms with Crippen LogP contribution >= 0.6 is 11.8 Å². The molecule has 13 nitrogen and oxygen atoms in total. The Bertz CT molecular complexity index is 1200. The van der Waals surface area contributed by atoms with Crippen LogP contribution in [0.3, 0.4) is 0 Å². The molecule has 1 aromatic carbocycles. The van der Waals surface area contributed by atoms with E-state index in [0.29, 0.717) is 23.3 Å². The van der Waals surface area contributed by atoms with E-state index in [1.807, 2.05) is 42.7 Å².